The van der Waals surface area contributed by atoms with Gasteiger partial charge in [0, 0.05) is 18.1 Å². The topological polar surface area (TPSA) is 24.1 Å². The molecule has 0 bridgehead atoms. The van der Waals surface area contributed by atoms with Gasteiger partial charge in [0.2, 0.25) is 0 Å². The second kappa shape index (κ2) is 7.26. The zero-order valence-electron chi connectivity index (χ0n) is 13.4. The highest BCUT2D eigenvalue weighted by Gasteiger charge is 2.34. The van der Waals surface area contributed by atoms with Crippen LogP contribution >= 0.6 is 0 Å². The van der Waals surface area contributed by atoms with Crippen molar-refractivity contribution in [2.75, 3.05) is 6.54 Å². The Morgan fingerprint density at radius 1 is 0.850 bits per heavy atom. The highest BCUT2D eigenvalue weighted by atomic mass is 15.0. The minimum Gasteiger partial charge on any atom is -0.314 e. The summed E-state index contributed by atoms with van der Waals surface area (Å²) in [5.74, 6) is 1.85. The van der Waals surface area contributed by atoms with Crippen LogP contribution in [0.25, 0.3) is 0 Å². The Balaban J connectivity index is 1.56. The number of hydrogen-bond acceptors (Lipinski definition) is 2. The van der Waals surface area contributed by atoms with Gasteiger partial charge < -0.3 is 10.6 Å². The molecule has 2 saturated carbocycles. The first kappa shape index (κ1) is 14.8. The molecule has 0 spiro atoms. The summed E-state index contributed by atoms with van der Waals surface area (Å²) >= 11 is 0. The van der Waals surface area contributed by atoms with Gasteiger partial charge in [-0.05, 0) is 63.8 Å². The van der Waals surface area contributed by atoms with Crippen molar-refractivity contribution in [2.45, 2.75) is 95.7 Å². The molecule has 1 saturated heterocycles. The first-order chi connectivity index (χ1) is 9.84. The molecule has 116 valence electrons. The van der Waals surface area contributed by atoms with Crippen LogP contribution in [0.2, 0.25) is 0 Å². The van der Waals surface area contributed by atoms with Crippen molar-refractivity contribution >= 4 is 0 Å². The molecule has 20 heavy (non-hydrogen) atoms. The van der Waals surface area contributed by atoms with Gasteiger partial charge in [0.25, 0.3) is 0 Å². The smallest absolute Gasteiger partial charge is 0.0113 e. The normalized spacial score (nSPS) is 38.0. The Hall–Kier alpha value is -0.0800. The average Bonchev–Trinajstić information content (AvgIpc) is 3.03. The van der Waals surface area contributed by atoms with Crippen molar-refractivity contribution in [3.8, 4) is 0 Å². The number of nitrogens with one attached hydrogen (secondary N) is 2. The Bertz CT molecular complexity index is 279. The Kier molecular flexibility index (Phi) is 5.39. The molecule has 2 aliphatic carbocycles. The predicted molar refractivity (Wildman–Crippen MR) is 85.9 cm³/mol. The molecule has 0 amide bonds. The fourth-order valence-corrected chi connectivity index (χ4v) is 5.02. The molecule has 2 N–H and O–H groups in total. The number of piperidine rings is 1. The molecular weight excluding hydrogens is 244 g/mol. The van der Waals surface area contributed by atoms with Gasteiger partial charge in [-0.2, -0.15) is 0 Å². The number of rotatable bonds is 4. The van der Waals surface area contributed by atoms with E-state index in [2.05, 4.69) is 17.6 Å². The Labute approximate surface area is 125 Å². The minimum absolute atomic E-state index is 0.742. The van der Waals surface area contributed by atoms with Crippen molar-refractivity contribution < 1.29 is 0 Å². The van der Waals surface area contributed by atoms with E-state index in [4.69, 9.17) is 0 Å². The van der Waals surface area contributed by atoms with Crippen LogP contribution in [0.3, 0.4) is 0 Å². The van der Waals surface area contributed by atoms with E-state index in [0.717, 1.165) is 30.0 Å². The van der Waals surface area contributed by atoms with Crippen LogP contribution in [0.4, 0.5) is 0 Å². The summed E-state index contributed by atoms with van der Waals surface area (Å²) in [6, 6.07) is 2.33. The summed E-state index contributed by atoms with van der Waals surface area (Å²) in [6.07, 6.45) is 15.9. The van der Waals surface area contributed by atoms with Gasteiger partial charge in [0.1, 0.15) is 0 Å². The van der Waals surface area contributed by atoms with Crippen molar-refractivity contribution in [1.29, 1.82) is 0 Å². The fraction of sp³-hybridized carbons (Fsp3) is 1.00. The molecule has 0 aromatic rings. The van der Waals surface area contributed by atoms with Gasteiger partial charge in [-0.25, -0.2) is 0 Å². The summed E-state index contributed by atoms with van der Waals surface area (Å²) in [5.41, 5.74) is 0. The second-order valence-electron chi connectivity index (χ2n) is 7.61. The molecule has 1 heterocycles. The maximum atomic E-state index is 4.07. The highest BCUT2D eigenvalue weighted by molar-refractivity contribution is 4.92. The predicted octanol–water partition coefficient (Wildman–Crippen LogP) is 3.86. The molecule has 0 aromatic heterocycles. The molecule has 4 atom stereocenters. The van der Waals surface area contributed by atoms with Crippen molar-refractivity contribution in [1.82, 2.24) is 10.6 Å². The van der Waals surface area contributed by atoms with Crippen LogP contribution in [0, 0.1) is 11.8 Å². The lowest BCUT2D eigenvalue weighted by molar-refractivity contribution is 0.163. The summed E-state index contributed by atoms with van der Waals surface area (Å²) in [5, 5.41) is 7.89. The van der Waals surface area contributed by atoms with E-state index in [1.54, 1.807) is 0 Å². The van der Waals surface area contributed by atoms with Gasteiger partial charge in [-0.1, -0.05) is 32.1 Å². The van der Waals surface area contributed by atoms with E-state index in [1.165, 1.54) is 77.2 Å². The summed E-state index contributed by atoms with van der Waals surface area (Å²) in [6.45, 7) is 3.71. The van der Waals surface area contributed by atoms with E-state index >= 15 is 0 Å². The summed E-state index contributed by atoms with van der Waals surface area (Å²) < 4.78 is 0. The lowest BCUT2D eigenvalue weighted by Crippen LogP contribution is -2.53. The van der Waals surface area contributed by atoms with Gasteiger partial charge in [-0.3, -0.25) is 0 Å². The largest absolute Gasteiger partial charge is 0.314 e. The van der Waals surface area contributed by atoms with Gasteiger partial charge >= 0.3 is 0 Å². The third-order valence-corrected chi connectivity index (χ3v) is 6.27. The number of hydrogen-bond donors (Lipinski definition) is 2. The second-order valence-corrected chi connectivity index (χ2v) is 7.61. The van der Waals surface area contributed by atoms with Crippen LogP contribution in [-0.2, 0) is 0 Å². The maximum Gasteiger partial charge on any atom is 0.0113 e. The van der Waals surface area contributed by atoms with E-state index in [-0.39, 0.29) is 0 Å². The molecule has 3 unspecified atom stereocenters. The zero-order valence-corrected chi connectivity index (χ0v) is 13.4. The molecular formula is C18H34N2. The molecule has 3 fully saturated rings. The third kappa shape index (κ3) is 3.57. The Morgan fingerprint density at radius 2 is 1.55 bits per heavy atom. The van der Waals surface area contributed by atoms with Crippen LogP contribution in [0.1, 0.15) is 77.6 Å². The quantitative estimate of drug-likeness (QED) is 0.816. The first-order valence-electron chi connectivity index (χ1n) is 9.34. The Morgan fingerprint density at radius 3 is 2.30 bits per heavy atom. The SMILES string of the molecule is C[C@@H](NC1CCCCC1C1CCCCN1)C1CCCC1. The minimum atomic E-state index is 0.742. The van der Waals surface area contributed by atoms with Crippen molar-refractivity contribution in [3.63, 3.8) is 0 Å². The monoisotopic (exact) mass is 278 g/mol. The first-order valence-corrected chi connectivity index (χ1v) is 9.34. The average molecular weight is 278 g/mol. The zero-order chi connectivity index (χ0) is 13.8. The van der Waals surface area contributed by atoms with Crippen LogP contribution in [-0.4, -0.2) is 24.7 Å². The van der Waals surface area contributed by atoms with Gasteiger partial charge in [-0.15, -0.1) is 0 Å². The van der Waals surface area contributed by atoms with Gasteiger partial charge in [0.05, 0.1) is 0 Å². The fourth-order valence-electron chi connectivity index (χ4n) is 5.02. The lowest BCUT2D eigenvalue weighted by Gasteiger charge is -2.41. The summed E-state index contributed by atoms with van der Waals surface area (Å²) in [7, 11) is 0. The molecule has 2 heteroatoms. The van der Waals surface area contributed by atoms with E-state index < -0.39 is 0 Å². The van der Waals surface area contributed by atoms with E-state index in [1.807, 2.05) is 0 Å². The van der Waals surface area contributed by atoms with Crippen molar-refractivity contribution in [2.24, 2.45) is 11.8 Å². The van der Waals surface area contributed by atoms with Crippen molar-refractivity contribution in [3.05, 3.63) is 0 Å². The molecule has 3 aliphatic rings. The molecule has 0 radical (unpaired) electrons. The van der Waals surface area contributed by atoms with Gasteiger partial charge in [0.15, 0.2) is 0 Å². The molecule has 2 nitrogen and oxygen atoms in total. The van der Waals surface area contributed by atoms with E-state index in [9.17, 15) is 0 Å². The highest BCUT2D eigenvalue weighted by Crippen LogP contribution is 2.33. The molecule has 3 rings (SSSR count). The van der Waals surface area contributed by atoms with E-state index in [0.29, 0.717) is 0 Å². The molecule has 1 aliphatic heterocycles. The van der Waals surface area contributed by atoms with Crippen LogP contribution in [0.5, 0.6) is 0 Å². The lowest BCUT2D eigenvalue weighted by atomic mass is 9.76. The van der Waals surface area contributed by atoms with Crippen LogP contribution < -0.4 is 10.6 Å². The standard InChI is InChI=1S/C18H34N2/c1-14(15-8-2-3-9-15)20-18-12-5-4-10-16(18)17-11-6-7-13-19-17/h14-20H,2-13H2,1H3/t14-,16?,17?,18?/m1/s1. The maximum absolute atomic E-state index is 4.07. The third-order valence-electron chi connectivity index (χ3n) is 6.27. The van der Waals surface area contributed by atoms with Crippen LogP contribution in [0.15, 0.2) is 0 Å². The summed E-state index contributed by atoms with van der Waals surface area (Å²) in [4.78, 5) is 0. The molecule has 0 aromatic carbocycles.